The number of halogens is 2. The molecule has 2 N–H and O–H groups in total. The van der Waals surface area contributed by atoms with Crippen LogP contribution in [0.15, 0.2) is 22.7 Å². The van der Waals surface area contributed by atoms with Gasteiger partial charge in [-0.05, 0) is 38.5 Å². The molecule has 0 saturated heterocycles. The maximum Gasteiger partial charge on any atom is 0.303 e. The normalized spacial score (nSPS) is 11.2. The highest BCUT2D eigenvalue weighted by atomic mass is 79.9. The summed E-state index contributed by atoms with van der Waals surface area (Å²) in [6.07, 6.45) is 0.206. The van der Waals surface area contributed by atoms with Gasteiger partial charge in [-0.25, -0.2) is 4.39 Å². The molecule has 0 atom stereocenters. The summed E-state index contributed by atoms with van der Waals surface area (Å²) < 4.78 is 14.1. The minimum absolute atomic E-state index is 0.0613. The van der Waals surface area contributed by atoms with Crippen LogP contribution in [0.5, 0.6) is 0 Å². The summed E-state index contributed by atoms with van der Waals surface area (Å²) in [5.41, 5.74) is -0.790. The predicted molar refractivity (Wildman–Crippen MR) is 72.5 cm³/mol. The number of carboxylic acid groups (broad SMARTS) is 1. The van der Waals surface area contributed by atoms with Gasteiger partial charge in [0.1, 0.15) is 5.82 Å². The third kappa shape index (κ3) is 4.98. The molecule has 0 aromatic heterocycles. The molecule has 0 saturated carbocycles. The van der Waals surface area contributed by atoms with Crippen molar-refractivity contribution < 1.29 is 19.1 Å². The van der Waals surface area contributed by atoms with Crippen LogP contribution in [0, 0.1) is 5.82 Å². The minimum Gasteiger partial charge on any atom is -0.481 e. The van der Waals surface area contributed by atoms with Gasteiger partial charge in [-0.1, -0.05) is 15.9 Å². The van der Waals surface area contributed by atoms with Crippen molar-refractivity contribution >= 4 is 27.8 Å². The van der Waals surface area contributed by atoms with Gasteiger partial charge < -0.3 is 10.4 Å². The quantitative estimate of drug-likeness (QED) is 0.871. The Morgan fingerprint density at radius 3 is 2.63 bits per heavy atom. The second-order valence-corrected chi connectivity index (χ2v) is 5.77. The molecule has 1 rings (SSSR count). The van der Waals surface area contributed by atoms with Crippen molar-refractivity contribution in [1.82, 2.24) is 5.32 Å². The van der Waals surface area contributed by atoms with Gasteiger partial charge in [0.25, 0.3) is 5.91 Å². The third-order valence-electron chi connectivity index (χ3n) is 2.59. The van der Waals surface area contributed by atoms with E-state index in [0.29, 0.717) is 4.47 Å². The lowest BCUT2D eigenvalue weighted by Gasteiger charge is -2.25. The van der Waals surface area contributed by atoms with E-state index in [2.05, 4.69) is 21.2 Å². The summed E-state index contributed by atoms with van der Waals surface area (Å²) in [5.74, 6) is -2.11. The Labute approximate surface area is 119 Å². The highest BCUT2D eigenvalue weighted by Gasteiger charge is 2.23. The average Bonchev–Trinajstić information content (AvgIpc) is 2.29. The number of amides is 1. The molecule has 1 amide bonds. The maximum atomic E-state index is 13.5. The van der Waals surface area contributed by atoms with Crippen LogP contribution in [0.2, 0.25) is 0 Å². The van der Waals surface area contributed by atoms with Crippen molar-refractivity contribution in [3.63, 3.8) is 0 Å². The van der Waals surface area contributed by atoms with Gasteiger partial charge in [0, 0.05) is 16.4 Å². The van der Waals surface area contributed by atoms with Crippen LogP contribution in [0.4, 0.5) is 4.39 Å². The minimum atomic E-state index is -0.934. The monoisotopic (exact) mass is 331 g/mol. The fraction of sp³-hybridized carbons (Fsp3) is 0.385. The number of carbonyl (C=O) groups excluding carboxylic acids is 1. The molecule has 6 heteroatoms. The Morgan fingerprint density at radius 2 is 2.05 bits per heavy atom. The number of rotatable bonds is 5. The molecule has 0 radical (unpaired) electrons. The summed E-state index contributed by atoms with van der Waals surface area (Å²) in [7, 11) is 0. The lowest BCUT2D eigenvalue weighted by molar-refractivity contribution is -0.137. The van der Waals surface area contributed by atoms with Crippen LogP contribution in [-0.4, -0.2) is 22.5 Å². The molecule has 1 aromatic carbocycles. The fourth-order valence-electron chi connectivity index (χ4n) is 1.53. The second kappa shape index (κ2) is 6.14. The van der Waals surface area contributed by atoms with E-state index >= 15 is 0 Å². The zero-order valence-electron chi connectivity index (χ0n) is 10.7. The smallest absolute Gasteiger partial charge is 0.303 e. The third-order valence-corrected chi connectivity index (χ3v) is 3.08. The summed E-state index contributed by atoms with van der Waals surface area (Å²) >= 11 is 3.17. The molecule has 0 heterocycles. The van der Waals surface area contributed by atoms with E-state index < -0.39 is 23.2 Å². The van der Waals surface area contributed by atoms with E-state index in [9.17, 15) is 14.0 Å². The second-order valence-electron chi connectivity index (χ2n) is 4.86. The lowest BCUT2D eigenvalue weighted by atomic mass is 9.97. The van der Waals surface area contributed by atoms with Gasteiger partial charge in [-0.2, -0.15) is 0 Å². The first-order chi connectivity index (χ1) is 8.71. The molecule has 19 heavy (non-hydrogen) atoms. The number of hydrogen-bond acceptors (Lipinski definition) is 2. The average molecular weight is 332 g/mol. The Bertz CT molecular complexity index is 503. The van der Waals surface area contributed by atoms with Crippen LogP contribution in [0.25, 0.3) is 0 Å². The van der Waals surface area contributed by atoms with Crippen molar-refractivity contribution in [3.8, 4) is 0 Å². The van der Waals surface area contributed by atoms with Crippen LogP contribution in [0.3, 0.4) is 0 Å². The topological polar surface area (TPSA) is 66.4 Å². The lowest BCUT2D eigenvalue weighted by Crippen LogP contribution is -2.44. The van der Waals surface area contributed by atoms with Gasteiger partial charge in [-0.3, -0.25) is 9.59 Å². The van der Waals surface area contributed by atoms with Gasteiger partial charge in [-0.15, -0.1) is 0 Å². The van der Waals surface area contributed by atoms with Crippen molar-refractivity contribution in [1.29, 1.82) is 0 Å². The molecule has 0 bridgehead atoms. The zero-order chi connectivity index (χ0) is 14.6. The number of hydrogen-bond donors (Lipinski definition) is 2. The van der Waals surface area contributed by atoms with E-state index in [1.54, 1.807) is 13.8 Å². The van der Waals surface area contributed by atoms with Crippen molar-refractivity contribution in [2.75, 3.05) is 0 Å². The van der Waals surface area contributed by atoms with Crippen LogP contribution in [-0.2, 0) is 4.79 Å². The van der Waals surface area contributed by atoms with Gasteiger partial charge in [0.05, 0.1) is 5.56 Å². The van der Waals surface area contributed by atoms with Crippen molar-refractivity contribution in [2.24, 2.45) is 0 Å². The number of carbonyl (C=O) groups is 2. The summed E-state index contributed by atoms with van der Waals surface area (Å²) in [4.78, 5) is 22.5. The van der Waals surface area contributed by atoms with Crippen LogP contribution < -0.4 is 5.32 Å². The highest BCUT2D eigenvalue weighted by Crippen LogP contribution is 2.18. The zero-order valence-corrected chi connectivity index (χ0v) is 12.3. The van der Waals surface area contributed by atoms with E-state index in [4.69, 9.17) is 5.11 Å². The van der Waals surface area contributed by atoms with Crippen molar-refractivity contribution in [2.45, 2.75) is 32.2 Å². The highest BCUT2D eigenvalue weighted by molar-refractivity contribution is 9.10. The van der Waals surface area contributed by atoms with Crippen LogP contribution in [0.1, 0.15) is 37.0 Å². The first-order valence-electron chi connectivity index (χ1n) is 5.70. The molecule has 0 aliphatic carbocycles. The number of benzene rings is 1. The number of aliphatic carboxylic acids is 1. The van der Waals surface area contributed by atoms with Crippen LogP contribution >= 0.6 is 15.9 Å². The van der Waals surface area contributed by atoms with E-state index in [0.717, 1.165) is 0 Å². The Balaban J connectivity index is 2.78. The molecular weight excluding hydrogens is 317 g/mol. The predicted octanol–water partition coefficient (Wildman–Crippen LogP) is 2.96. The molecule has 104 valence electrons. The van der Waals surface area contributed by atoms with Crippen molar-refractivity contribution in [3.05, 3.63) is 34.1 Å². The van der Waals surface area contributed by atoms with E-state index in [1.807, 2.05) is 0 Å². The largest absolute Gasteiger partial charge is 0.481 e. The SMILES string of the molecule is CC(C)(CCC(=O)O)NC(=O)c1cc(Br)ccc1F. The Kier molecular flexibility index (Phi) is 5.05. The molecule has 4 nitrogen and oxygen atoms in total. The fourth-order valence-corrected chi connectivity index (χ4v) is 1.89. The molecule has 0 aliphatic rings. The van der Waals surface area contributed by atoms with Gasteiger partial charge in [0.15, 0.2) is 0 Å². The standard InChI is InChI=1S/C13H15BrFNO3/c1-13(2,6-5-11(17)18)16-12(19)9-7-8(14)3-4-10(9)15/h3-4,7H,5-6H2,1-2H3,(H,16,19)(H,17,18). The summed E-state index contributed by atoms with van der Waals surface area (Å²) in [6, 6.07) is 4.09. The maximum absolute atomic E-state index is 13.5. The van der Waals surface area contributed by atoms with E-state index in [-0.39, 0.29) is 18.4 Å². The van der Waals surface area contributed by atoms with E-state index in [1.165, 1.54) is 18.2 Å². The number of nitrogens with one attached hydrogen (secondary N) is 1. The van der Waals surface area contributed by atoms with Gasteiger partial charge >= 0.3 is 5.97 Å². The molecule has 1 aromatic rings. The first kappa shape index (κ1) is 15.6. The molecule has 0 fully saturated rings. The van der Waals surface area contributed by atoms with Gasteiger partial charge in [0.2, 0.25) is 0 Å². The first-order valence-corrected chi connectivity index (χ1v) is 6.50. The molecule has 0 unspecified atom stereocenters. The Hall–Kier alpha value is -1.43. The summed E-state index contributed by atoms with van der Waals surface area (Å²) in [6.45, 7) is 3.40. The number of carboxylic acids is 1. The molecular formula is C13H15BrFNO3. The Morgan fingerprint density at radius 1 is 1.42 bits per heavy atom. The molecule has 0 spiro atoms. The summed E-state index contributed by atoms with van der Waals surface area (Å²) in [5, 5.41) is 11.3. The molecule has 0 aliphatic heterocycles.